The fourth-order valence-corrected chi connectivity index (χ4v) is 4.88. The third-order valence-corrected chi connectivity index (χ3v) is 6.54. The number of pyridine rings is 1. The largest absolute Gasteiger partial charge is 0.478 e. The van der Waals surface area contributed by atoms with E-state index < -0.39 is 11.9 Å². The zero-order valence-corrected chi connectivity index (χ0v) is 19.6. The quantitative estimate of drug-likeness (QED) is 0.324. The van der Waals surface area contributed by atoms with Crippen LogP contribution < -0.4 is 10.5 Å². The molecule has 0 saturated heterocycles. The fraction of sp³-hybridized carbons (Fsp3) is 0.182. The van der Waals surface area contributed by atoms with Crippen LogP contribution in [-0.4, -0.2) is 29.9 Å². The minimum absolute atomic E-state index is 0.0851. The Morgan fingerprint density at radius 2 is 2.09 bits per heavy atom. The molecule has 0 aliphatic carbocycles. The molecule has 0 saturated carbocycles. The summed E-state index contributed by atoms with van der Waals surface area (Å²) >= 11 is 13.7. The van der Waals surface area contributed by atoms with E-state index in [1.165, 1.54) is 28.4 Å². The van der Waals surface area contributed by atoms with E-state index in [-0.39, 0.29) is 27.5 Å². The van der Waals surface area contributed by atoms with E-state index in [0.29, 0.717) is 21.4 Å². The van der Waals surface area contributed by atoms with E-state index in [9.17, 15) is 9.18 Å². The Bertz CT molecular complexity index is 1340. The second-order valence-electron chi connectivity index (χ2n) is 7.28. The molecular weight excluding hydrogens is 476 g/mol. The van der Waals surface area contributed by atoms with Gasteiger partial charge in [0.25, 0.3) is 5.91 Å². The van der Waals surface area contributed by atoms with Crippen molar-refractivity contribution in [2.24, 2.45) is 0 Å². The number of nitrogen functional groups attached to an aromatic ring is 1. The van der Waals surface area contributed by atoms with E-state index in [4.69, 9.17) is 38.1 Å². The number of benzene rings is 1. The molecule has 0 fully saturated rings. The molecule has 0 aliphatic rings. The van der Waals surface area contributed by atoms with Crippen molar-refractivity contribution in [2.45, 2.75) is 13.0 Å². The van der Waals surface area contributed by atoms with Crippen LogP contribution in [0.5, 0.6) is 5.75 Å². The first-order chi connectivity index (χ1) is 15.2. The number of carbonyl (C=O) groups excluding carboxylic acids is 1. The van der Waals surface area contributed by atoms with Crippen molar-refractivity contribution in [3.05, 3.63) is 62.3 Å². The van der Waals surface area contributed by atoms with Crippen LogP contribution in [0.3, 0.4) is 0 Å². The molecule has 32 heavy (non-hydrogen) atoms. The van der Waals surface area contributed by atoms with Gasteiger partial charge in [0.1, 0.15) is 11.9 Å². The first-order valence-corrected chi connectivity index (χ1v) is 11.1. The van der Waals surface area contributed by atoms with Gasteiger partial charge in [-0.05, 0) is 36.1 Å². The number of aromatic nitrogens is 1. The van der Waals surface area contributed by atoms with Gasteiger partial charge in [0.15, 0.2) is 11.4 Å². The highest BCUT2D eigenvalue weighted by molar-refractivity contribution is 7.12. The second-order valence-corrected chi connectivity index (χ2v) is 8.98. The van der Waals surface area contributed by atoms with E-state index in [1.54, 1.807) is 39.5 Å². The molecule has 3 heterocycles. The number of hydrogen-bond acceptors (Lipinski definition) is 6. The number of hydrogen-bond donors (Lipinski definition) is 1. The molecule has 1 atom stereocenters. The third-order valence-electron chi connectivity index (χ3n) is 4.91. The SMILES string of the molecule is C[C@@H](Oc1c(N)ncc2c(-c3csc(C(=O)N(C)C)c3)coc12)c1c(Cl)ccc(F)c1Cl. The number of amides is 1. The Labute approximate surface area is 197 Å². The summed E-state index contributed by atoms with van der Waals surface area (Å²) in [5, 5.41) is 2.66. The monoisotopic (exact) mass is 493 g/mol. The molecule has 0 aliphatic heterocycles. The molecule has 0 spiro atoms. The Balaban J connectivity index is 1.74. The first-order valence-electron chi connectivity index (χ1n) is 9.45. The second kappa shape index (κ2) is 8.61. The lowest BCUT2D eigenvalue weighted by Gasteiger charge is -2.18. The van der Waals surface area contributed by atoms with Gasteiger partial charge >= 0.3 is 0 Å². The Morgan fingerprint density at radius 3 is 2.81 bits per heavy atom. The number of anilines is 1. The summed E-state index contributed by atoms with van der Waals surface area (Å²) in [7, 11) is 3.40. The van der Waals surface area contributed by atoms with Crippen LogP contribution >= 0.6 is 34.5 Å². The molecule has 10 heteroatoms. The first kappa shape index (κ1) is 22.4. The fourth-order valence-electron chi connectivity index (χ4n) is 3.28. The van der Waals surface area contributed by atoms with Crippen LogP contribution in [0.15, 0.2) is 40.5 Å². The van der Waals surface area contributed by atoms with Crippen LogP contribution in [0.4, 0.5) is 10.2 Å². The number of furan rings is 1. The number of fused-ring (bicyclic) bond motifs is 1. The number of halogens is 3. The average Bonchev–Trinajstić information content (AvgIpc) is 3.39. The van der Waals surface area contributed by atoms with Gasteiger partial charge in [-0.2, -0.15) is 0 Å². The Hall–Kier alpha value is -2.81. The van der Waals surface area contributed by atoms with Crippen LogP contribution in [0.25, 0.3) is 22.1 Å². The zero-order valence-electron chi connectivity index (χ0n) is 17.3. The van der Waals surface area contributed by atoms with Crippen LogP contribution in [0, 0.1) is 5.82 Å². The normalized spacial score (nSPS) is 12.2. The summed E-state index contributed by atoms with van der Waals surface area (Å²) in [4.78, 5) is 18.6. The van der Waals surface area contributed by atoms with Gasteiger partial charge in [0.2, 0.25) is 5.75 Å². The van der Waals surface area contributed by atoms with Gasteiger partial charge in [-0.1, -0.05) is 23.2 Å². The van der Waals surface area contributed by atoms with E-state index >= 15 is 0 Å². The van der Waals surface area contributed by atoms with Crippen molar-refractivity contribution in [3.8, 4) is 16.9 Å². The molecule has 0 unspecified atom stereocenters. The maximum absolute atomic E-state index is 14.0. The van der Waals surface area contributed by atoms with Gasteiger partial charge in [0, 0.05) is 36.4 Å². The number of nitrogens with two attached hydrogens (primary N) is 1. The standard InChI is InChI=1S/C22H18Cl2FN3O3S/c1-10(17-14(23)4-5-15(25)18(17)24)31-20-19-12(7-27-21(20)26)13(8-30-19)11-6-16(32-9-11)22(29)28(2)3/h4-10H,1-3H3,(H2,26,27)/t10-/m1/s1. The van der Waals surface area contributed by atoms with Gasteiger partial charge < -0.3 is 19.8 Å². The predicted octanol–water partition coefficient (Wildman–Crippen LogP) is 6.43. The number of thiophene rings is 1. The van der Waals surface area contributed by atoms with Crippen molar-refractivity contribution >= 4 is 57.2 Å². The molecule has 1 aromatic carbocycles. The highest BCUT2D eigenvalue weighted by atomic mass is 35.5. The summed E-state index contributed by atoms with van der Waals surface area (Å²) in [6, 6.07) is 4.39. The maximum atomic E-state index is 14.0. The van der Waals surface area contributed by atoms with Gasteiger partial charge in [-0.3, -0.25) is 4.79 Å². The highest BCUT2D eigenvalue weighted by Crippen LogP contribution is 2.42. The lowest BCUT2D eigenvalue weighted by atomic mass is 10.1. The van der Waals surface area contributed by atoms with Crippen molar-refractivity contribution in [3.63, 3.8) is 0 Å². The molecule has 166 valence electrons. The van der Waals surface area contributed by atoms with Crippen LogP contribution in [0.2, 0.25) is 10.0 Å². The minimum Gasteiger partial charge on any atom is -0.478 e. The molecule has 4 aromatic rings. The summed E-state index contributed by atoms with van der Waals surface area (Å²) in [5.41, 5.74) is 8.27. The van der Waals surface area contributed by atoms with Crippen molar-refractivity contribution < 1.29 is 18.3 Å². The molecule has 3 aromatic heterocycles. The lowest BCUT2D eigenvalue weighted by molar-refractivity contribution is 0.0832. The van der Waals surface area contributed by atoms with Gasteiger partial charge in [-0.25, -0.2) is 9.37 Å². The number of nitrogens with zero attached hydrogens (tertiary/aromatic N) is 2. The van der Waals surface area contributed by atoms with Crippen LogP contribution in [0.1, 0.15) is 28.3 Å². The summed E-state index contributed by atoms with van der Waals surface area (Å²) in [6.45, 7) is 1.67. The molecule has 1 amide bonds. The minimum atomic E-state index is -0.737. The number of carbonyl (C=O) groups is 1. The topological polar surface area (TPSA) is 81.6 Å². The number of ether oxygens (including phenoxy) is 1. The predicted molar refractivity (Wildman–Crippen MR) is 125 cm³/mol. The van der Waals surface area contributed by atoms with E-state index in [1.807, 2.05) is 5.38 Å². The summed E-state index contributed by atoms with van der Waals surface area (Å²) < 4.78 is 25.8. The Morgan fingerprint density at radius 1 is 1.34 bits per heavy atom. The Kier molecular flexibility index (Phi) is 6.03. The van der Waals surface area contributed by atoms with Crippen molar-refractivity contribution in [2.75, 3.05) is 19.8 Å². The molecule has 4 rings (SSSR count). The van der Waals surface area contributed by atoms with E-state index in [0.717, 1.165) is 11.1 Å². The molecule has 2 N–H and O–H groups in total. The van der Waals surface area contributed by atoms with Crippen molar-refractivity contribution in [1.29, 1.82) is 0 Å². The van der Waals surface area contributed by atoms with Crippen LogP contribution in [-0.2, 0) is 0 Å². The van der Waals surface area contributed by atoms with Gasteiger partial charge in [-0.15, -0.1) is 11.3 Å². The smallest absolute Gasteiger partial charge is 0.263 e. The molecule has 0 radical (unpaired) electrons. The average molecular weight is 494 g/mol. The maximum Gasteiger partial charge on any atom is 0.263 e. The molecule has 6 nitrogen and oxygen atoms in total. The lowest BCUT2D eigenvalue weighted by Crippen LogP contribution is -2.20. The van der Waals surface area contributed by atoms with Crippen molar-refractivity contribution in [1.82, 2.24) is 9.88 Å². The zero-order chi connectivity index (χ0) is 23.2. The van der Waals surface area contributed by atoms with E-state index in [2.05, 4.69) is 4.98 Å². The third kappa shape index (κ3) is 3.90. The summed E-state index contributed by atoms with van der Waals surface area (Å²) in [5.74, 6) is -0.398. The summed E-state index contributed by atoms with van der Waals surface area (Å²) in [6.07, 6.45) is 2.39. The molecule has 0 bridgehead atoms. The van der Waals surface area contributed by atoms with Gasteiger partial charge in [0.05, 0.1) is 21.5 Å². The molecular formula is C22H18Cl2FN3O3S. The number of rotatable bonds is 5. The highest BCUT2D eigenvalue weighted by Gasteiger charge is 2.23.